The van der Waals surface area contributed by atoms with Crippen molar-refractivity contribution in [3.05, 3.63) is 94.3 Å². The summed E-state index contributed by atoms with van der Waals surface area (Å²) in [4.78, 5) is 44.1. The van der Waals surface area contributed by atoms with E-state index >= 15 is 0 Å². The highest BCUT2D eigenvalue weighted by Crippen LogP contribution is 2.47. The predicted molar refractivity (Wildman–Crippen MR) is 214 cm³/mol. The Hall–Kier alpha value is -4.62. The monoisotopic (exact) mass is 783 g/mol. The van der Waals surface area contributed by atoms with Crippen LogP contribution in [0.25, 0.3) is 0 Å². The standard InChI is InChI=1S/C43H53N5O7S/c1-28-10-14-36-30(19-28)8-6-16-43(36)26-48-22-32-11-13-35(32)38(53-3)9-5-7-29(2)25-56(52,44-40(49)31-12-15-39(55-27-43)37(48)21-31)45-41(50)33-20-34-24-47(42(51)54-4)18-17-46(34)23-33/h5,9-10,12,14-15,19-21,23,29,32,35,38H,6-8,11,13,16-18,22,24-27H2,1-4H3,(H,44,45,49,50,52)/b9-5+/t29-,32-,35+,38-,43-,56?/m0/s1. The average Bonchev–Trinajstić information content (AvgIpc) is 3.54. The smallest absolute Gasteiger partial charge is 0.409 e. The maximum atomic E-state index is 14.8. The van der Waals surface area contributed by atoms with Gasteiger partial charge in [-0.05, 0) is 98.6 Å². The molecule has 4 heterocycles. The number of amides is 3. The number of nitrogens with one attached hydrogen (secondary N) is 1. The van der Waals surface area contributed by atoms with E-state index in [1.165, 1.54) is 23.8 Å². The van der Waals surface area contributed by atoms with Crippen molar-refractivity contribution in [1.29, 1.82) is 0 Å². The number of carbonyl (C=O) groups is 3. The van der Waals surface area contributed by atoms with Crippen molar-refractivity contribution in [2.75, 3.05) is 51.1 Å². The predicted octanol–water partition coefficient (Wildman–Crippen LogP) is 6.44. The number of hydrogen-bond acceptors (Lipinski definition) is 8. The van der Waals surface area contributed by atoms with E-state index in [4.69, 9.17) is 14.2 Å². The molecule has 1 saturated carbocycles. The molecular formula is C43H53N5O7S. The first-order chi connectivity index (χ1) is 27.0. The number of rotatable bonds is 3. The van der Waals surface area contributed by atoms with Gasteiger partial charge in [-0.1, -0.05) is 42.8 Å². The molecule has 3 amide bonds. The van der Waals surface area contributed by atoms with Crippen molar-refractivity contribution in [3.8, 4) is 5.75 Å². The van der Waals surface area contributed by atoms with Gasteiger partial charge in [0.15, 0.2) is 0 Å². The summed E-state index contributed by atoms with van der Waals surface area (Å²) in [5.41, 5.74) is 5.91. The molecule has 2 aliphatic carbocycles. The highest BCUT2D eigenvalue weighted by molar-refractivity contribution is 7.92. The van der Waals surface area contributed by atoms with E-state index in [0.717, 1.165) is 56.6 Å². The molecule has 2 bridgehead atoms. The molecule has 1 unspecified atom stereocenters. The lowest BCUT2D eigenvalue weighted by Crippen LogP contribution is -2.49. The van der Waals surface area contributed by atoms with Crippen molar-refractivity contribution < 1.29 is 32.8 Å². The Morgan fingerprint density at radius 2 is 1.95 bits per heavy atom. The molecule has 13 heteroatoms. The molecule has 2 aromatic carbocycles. The minimum absolute atomic E-state index is 0.0240. The van der Waals surface area contributed by atoms with Crippen LogP contribution in [-0.2, 0) is 44.3 Å². The van der Waals surface area contributed by atoms with Gasteiger partial charge in [-0.15, -0.1) is 4.36 Å². The lowest BCUT2D eigenvalue weighted by Gasteiger charge is -2.46. The SMILES string of the molecule is COC(=O)N1CCn2cc(C(=O)NS3(=O)=NC(=O)c4ccc5c(c4)N(C[C@@H]4CC[C@H]4[C@@H](OC)/C=C/C[C@H](C)C3)C[C@@]3(CCCc4cc(C)ccc43)CO5)cc2C1. The Balaban J connectivity index is 1.15. The van der Waals surface area contributed by atoms with E-state index in [9.17, 15) is 18.6 Å². The number of nitrogens with zero attached hydrogens (tertiary/aromatic N) is 4. The van der Waals surface area contributed by atoms with Crippen molar-refractivity contribution >= 4 is 33.5 Å². The van der Waals surface area contributed by atoms with Gasteiger partial charge in [0.2, 0.25) is 0 Å². The number of fused-ring (bicyclic) bond motifs is 5. The number of benzene rings is 2. The first-order valence-electron chi connectivity index (χ1n) is 19.9. The molecular weight excluding hydrogens is 731 g/mol. The van der Waals surface area contributed by atoms with Gasteiger partial charge in [-0.2, -0.15) is 0 Å². The number of carbonyl (C=O) groups excluding carboxylic acids is 3. The molecule has 1 fully saturated rings. The van der Waals surface area contributed by atoms with E-state index in [1.54, 1.807) is 30.3 Å². The zero-order valence-electron chi connectivity index (χ0n) is 32.8. The molecule has 12 nitrogen and oxygen atoms in total. The maximum absolute atomic E-state index is 14.8. The van der Waals surface area contributed by atoms with Crippen molar-refractivity contribution in [1.82, 2.24) is 14.2 Å². The summed E-state index contributed by atoms with van der Waals surface area (Å²) >= 11 is 0. The highest BCUT2D eigenvalue weighted by Gasteiger charge is 2.44. The van der Waals surface area contributed by atoms with Gasteiger partial charge in [0.05, 0.1) is 43.4 Å². The van der Waals surface area contributed by atoms with Gasteiger partial charge in [-0.25, -0.2) is 9.00 Å². The van der Waals surface area contributed by atoms with Crippen molar-refractivity contribution in [3.63, 3.8) is 0 Å². The molecule has 1 spiro atoms. The Bertz CT molecular complexity index is 2190. The third-order valence-corrected chi connectivity index (χ3v) is 14.6. The number of aromatic nitrogens is 1. The zero-order chi connectivity index (χ0) is 39.2. The summed E-state index contributed by atoms with van der Waals surface area (Å²) in [5, 5.41) is 0. The third-order valence-electron chi connectivity index (χ3n) is 12.6. The number of methoxy groups -OCH3 is 2. The average molecular weight is 784 g/mol. The number of anilines is 1. The lowest BCUT2D eigenvalue weighted by atomic mass is 9.68. The molecule has 6 atom stereocenters. The number of aryl methyl sites for hydroxylation is 2. The molecule has 298 valence electrons. The van der Waals surface area contributed by atoms with Crippen LogP contribution in [0.1, 0.15) is 82.1 Å². The zero-order valence-corrected chi connectivity index (χ0v) is 33.6. The largest absolute Gasteiger partial charge is 0.490 e. The van der Waals surface area contributed by atoms with Gasteiger partial charge < -0.3 is 28.6 Å². The maximum Gasteiger partial charge on any atom is 0.409 e. The Morgan fingerprint density at radius 3 is 2.73 bits per heavy atom. The topological polar surface area (TPSA) is 132 Å². The summed E-state index contributed by atoms with van der Waals surface area (Å²) in [5.74, 6) is -0.0193. The molecule has 56 heavy (non-hydrogen) atoms. The quantitative estimate of drug-likeness (QED) is 0.301. The van der Waals surface area contributed by atoms with E-state index in [1.807, 2.05) is 23.6 Å². The van der Waals surface area contributed by atoms with Gasteiger partial charge in [-0.3, -0.25) is 14.3 Å². The molecule has 1 aromatic heterocycles. The van der Waals surface area contributed by atoms with E-state index in [2.05, 4.69) is 51.3 Å². The van der Waals surface area contributed by atoms with Crippen LogP contribution in [0.3, 0.4) is 0 Å². The molecule has 0 radical (unpaired) electrons. The fourth-order valence-corrected chi connectivity index (χ4v) is 11.4. The molecule has 8 rings (SSSR count). The molecule has 5 aliphatic rings. The highest BCUT2D eigenvalue weighted by atomic mass is 32.2. The van der Waals surface area contributed by atoms with Crippen LogP contribution in [-0.4, -0.2) is 83.9 Å². The summed E-state index contributed by atoms with van der Waals surface area (Å²) in [6.45, 7) is 7.34. The number of allylic oxidation sites excluding steroid dienone is 1. The summed E-state index contributed by atoms with van der Waals surface area (Å²) in [6, 6.07) is 13.9. The number of hydrogen-bond donors (Lipinski definition) is 1. The fourth-order valence-electron chi connectivity index (χ4n) is 9.54. The van der Waals surface area contributed by atoms with Crippen LogP contribution in [0, 0.1) is 24.7 Å². The molecule has 1 N–H and O–H groups in total. The molecule has 3 aliphatic heterocycles. The third kappa shape index (κ3) is 7.47. The van der Waals surface area contributed by atoms with Gasteiger partial charge in [0.1, 0.15) is 15.7 Å². The van der Waals surface area contributed by atoms with Crippen LogP contribution < -0.4 is 14.4 Å². The minimum atomic E-state index is -3.60. The second kappa shape index (κ2) is 15.4. The normalized spacial score (nSPS) is 29.3. The first-order valence-corrected chi connectivity index (χ1v) is 21.6. The minimum Gasteiger partial charge on any atom is -0.490 e. The van der Waals surface area contributed by atoms with Crippen LogP contribution in [0.4, 0.5) is 10.5 Å². The lowest BCUT2D eigenvalue weighted by molar-refractivity contribution is 0.0131. The van der Waals surface area contributed by atoms with Crippen molar-refractivity contribution in [2.24, 2.45) is 22.1 Å². The molecule has 0 saturated heterocycles. The van der Waals surface area contributed by atoms with Crippen LogP contribution in [0.2, 0.25) is 0 Å². The van der Waals surface area contributed by atoms with Gasteiger partial charge in [0.25, 0.3) is 11.8 Å². The van der Waals surface area contributed by atoms with Crippen LogP contribution >= 0.6 is 0 Å². The second-order valence-corrected chi connectivity index (χ2v) is 18.6. The second-order valence-electron chi connectivity index (χ2n) is 16.6. The van der Waals surface area contributed by atoms with Gasteiger partial charge in [0, 0.05) is 56.2 Å². The van der Waals surface area contributed by atoms with Crippen LogP contribution in [0.5, 0.6) is 5.75 Å². The van der Waals surface area contributed by atoms with Crippen molar-refractivity contribution in [2.45, 2.75) is 77.0 Å². The van der Waals surface area contributed by atoms with E-state index in [0.29, 0.717) is 43.7 Å². The Morgan fingerprint density at radius 1 is 1.09 bits per heavy atom. The van der Waals surface area contributed by atoms with Gasteiger partial charge >= 0.3 is 6.09 Å². The Labute approximate surface area is 329 Å². The summed E-state index contributed by atoms with van der Waals surface area (Å²) in [7, 11) is -0.494. The van der Waals surface area contributed by atoms with Crippen LogP contribution in [0.15, 0.2) is 65.2 Å². The Kier molecular flexibility index (Phi) is 10.5. The first kappa shape index (κ1) is 38.3. The van der Waals surface area contributed by atoms with E-state index in [-0.39, 0.29) is 40.9 Å². The molecule has 3 aromatic rings. The summed E-state index contributed by atoms with van der Waals surface area (Å²) < 4.78 is 41.4. The summed E-state index contributed by atoms with van der Waals surface area (Å²) in [6.07, 6.45) is 11.2. The van der Waals surface area contributed by atoms with E-state index < -0.39 is 27.8 Å². The fraction of sp³-hybridized carbons (Fsp3) is 0.512. The number of ether oxygens (including phenoxy) is 3.